The third-order valence-corrected chi connectivity index (χ3v) is 5.91. The molecule has 0 radical (unpaired) electrons. The minimum Gasteiger partial charge on any atom is -0.311 e. The van der Waals surface area contributed by atoms with Crippen LogP contribution in [0.2, 0.25) is 0 Å². The molecule has 0 amide bonds. The summed E-state index contributed by atoms with van der Waals surface area (Å²) in [6, 6.07) is 1.44. The molecule has 2 unspecified atom stereocenters. The van der Waals surface area contributed by atoms with Gasteiger partial charge in [-0.2, -0.15) is 11.8 Å². The van der Waals surface area contributed by atoms with E-state index >= 15 is 0 Å². The van der Waals surface area contributed by atoms with Gasteiger partial charge in [-0.15, -0.1) is 0 Å². The van der Waals surface area contributed by atoms with Gasteiger partial charge in [-0.3, -0.25) is 0 Å². The second-order valence-electron chi connectivity index (χ2n) is 5.20. The van der Waals surface area contributed by atoms with E-state index in [9.17, 15) is 0 Å². The van der Waals surface area contributed by atoms with Crippen molar-refractivity contribution in [2.24, 2.45) is 0 Å². The summed E-state index contributed by atoms with van der Waals surface area (Å²) in [5.41, 5.74) is 0. The molecule has 2 nitrogen and oxygen atoms in total. The average molecular weight is 244 g/mol. The molecule has 0 aliphatic carbocycles. The van der Waals surface area contributed by atoms with Crippen LogP contribution in [0, 0.1) is 0 Å². The second-order valence-corrected chi connectivity index (χ2v) is 6.47. The highest BCUT2D eigenvalue weighted by molar-refractivity contribution is 8.00. The Morgan fingerprint density at radius 1 is 1.38 bits per heavy atom. The van der Waals surface area contributed by atoms with Gasteiger partial charge in [-0.25, -0.2) is 0 Å². The number of rotatable bonds is 6. The predicted molar refractivity (Wildman–Crippen MR) is 75.3 cm³/mol. The van der Waals surface area contributed by atoms with E-state index in [1.165, 1.54) is 25.8 Å². The van der Waals surface area contributed by atoms with E-state index in [1.807, 2.05) is 11.8 Å². The van der Waals surface area contributed by atoms with E-state index in [0.29, 0.717) is 10.8 Å². The van der Waals surface area contributed by atoms with Crippen molar-refractivity contribution in [3.8, 4) is 0 Å². The van der Waals surface area contributed by atoms with Gasteiger partial charge in [0.05, 0.1) is 0 Å². The van der Waals surface area contributed by atoms with Crippen LogP contribution in [0.1, 0.15) is 40.0 Å². The second kappa shape index (κ2) is 6.27. The Kier molecular flexibility index (Phi) is 5.62. The van der Waals surface area contributed by atoms with Crippen LogP contribution in [-0.4, -0.2) is 48.1 Å². The van der Waals surface area contributed by atoms with Crippen molar-refractivity contribution in [3.05, 3.63) is 0 Å². The number of hydrogen-bond acceptors (Lipinski definition) is 3. The lowest BCUT2D eigenvalue weighted by molar-refractivity contribution is 0.325. The van der Waals surface area contributed by atoms with Gasteiger partial charge in [0.2, 0.25) is 0 Å². The number of nitrogens with zero attached hydrogens (tertiary/aromatic N) is 1. The number of likely N-dealkylation sites (tertiary alicyclic amines) is 1. The molecule has 1 aliphatic heterocycles. The summed E-state index contributed by atoms with van der Waals surface area (Å²) in [6.45, 7) is 9.31. The zero-order chi connectivity index (χ0) is 12.2. The largest absolute Gasteiger partial charge is 0.311 e. The summed E-state index contributed by atoms with van der Waals surface area (Å²) in [4.78, 5) is 2.45. The molecule has 1 rings (SSSR count). The molecule has 0 aromatic rings. The van der Waals surface area contributed by atoms with Crippen LogP contribution in [0.15, 0.2) is 0 Å². The molecular weight excluding hydrogens is 216 g/mol. The van der Waals surface area contributed by atoms with Gasteiger partial charge in [0.1, 0.15) is 0 Å². The van der Waals surface area contributed by atoms with Crippen molar-refractivity contribution in [1.29, 1.82) is 0 Å². The van der Waals surface area contributed by atoms with Gasteiger partial charge >= 0.3 is 0 Å². The molecule has 0 bridgehead atoms. The van der Waals surface area contributed by atoms with Crippen molar-refractivity contribution in [2.45, 2.75) is 56.9 Å². The van der Waals surface area contributed by atoms with Crippen molar-refractivity contribution < 1.29 is 0 Å². The van der Waals surface area contributed by atoms with Crippen molar-refractivity contribution in [2.75, 3.05) is 26.4 Å². The molecule has 1 aliphatic rings. The number of hydrogen-bond donors (Lipinski definition) is 1. The van der Waals surface area contributed by atoms with E-state index in [0.717, 1.165) is 12.6 Å². The molecule has 1 heterocycles. The zero-order valence-electron chi connectivity index (χ0n) is 11.5. The third kappa shape index (κ3) is 3.38. The Hall–Kier alpha value is 0.270. The quantitative estimate of drug-likeness (QED) is 0.773. The summed E-state index contributed by atoms with van der Waals surface area (Å²) in [6.07, 6.45) is 6.07. The highest BCUT2D eigenvalue weighted by atomic mass is 32.2. The summed E-state index contributed by atoms with van der Waals surface area (Å²) >= 11 is 2.03. The molecule has 0 saturated carbocycles. The lowest BCUT2D eigenvalue weighted by Gasteiger charge is -2.31. The van der Waals surface area contributed by atoms with E-state index in [-0.39, 0.29) is 0 Å². The normalized spacial score (nSPS) is 27.6. The van der Waals surface area contributed by atoms with Crippen molar-refractivity contribution >= 4 is 11.8 Å². The van der Waals surface area contributed by atoms with E-state index in [1.54, 1.807) is 0 Å². The highest BCUT2D eigenvalue weighted by Crippen LogP contribution is 2.30. The number of likely N-dealkylation sites (N-methyl/N-ethyl adjacent to an activating group) is 1. The monoisotopic (exact) mass is 244 g/mol. The van der Waals surface area contributed by atoms with Gasteiger partial charge in [0.25, 0.3) is 0 Å². The zero-order valence-corrected chi connectivity index (χ0v) is 12.4. The van der Waals surface area contributed by atoms with Gasteiger partial charge in [0.15, 0.2) is 0 Å². The first-order valence-electron chi connectivity index (χ1n) is 6.55. The number of nitrogens with one attached hydrogen (secondary N) is 1. The Balaban J connectivity index is 2.39. The van der Waals surface area contributed by atoms with Gasteiger partial charge < -0.3 is 10.2 Å². The molecule has 16 heavy (non-hydrogen) atoms. The van der Waals surface area contributed by atoms with Crippen LogP contribution in [0.5, 0.6) is 0 Å². The maximum Gasteiger partial charge on any atom is 0.0276 e. The Labute approximate surface area is 106 Å². The topological polar surface area (TPSA) is 15.3 Å². The van der Waals surface area contributed by atoms with Crippen LogP contribution in [0.25, 0.3) is 0 Å². The molecule has 1 fully saturated rings. The molecule has 0 aromatic carbocycles. The van der Waals surface area contributed by atoms with Gasteiger partial charge in [-0.05, 0) is 39.5 Å². The van der Waals surface area contributed by atoms with Crippen LogP contribution >= 0.6 is 11.8 Å². The summed E-state index contributed by atoms with van der Waals surface area (Å²) in [7, 11) is 2.23. The van der Waals surface area contributed by atoms with Crippen LogP contribution in [-0.2, 0) is 0 Å². The first-order valence-corrected chi connectivity index (χ1v) is 7.78. The van der Waals surface area contributed by atoms with Crippen molar-refractivity contribution in [1.82, 2.24) is 10.2 Å². The molecule has 0 aromatic heterocycles. The Morgan fingerprint density at radius 3 is 2.38 bits per heavy atom. The van der Waals surface area contributed by atoms with Crippen LogP contribution in [0.3, 0.4) is 0 Å². The summed E-state index contributed by atoms with van der Waals surface area (Å²) in [5.74, 6) is 0. The molecule has 2 atom stereocenters. The maximum absolute atomic E-state index is 3.77. The first kappa shape index (κ1) is 14.3. The van der Waals surface area contributed by atoms with Gasteiger partial charge in [-0.1, -0.05) is 13.8 Å². The molecule has 96 valence electrons. The van der Waals surface area contributed by atoms with E-state index < -0.39 is 0 Å². The smallest absolute Gasteiger partial charge is 0.0276 e. The highest BCUT2D eigenvalue weighted by Gasteiger charge is 2.29. The third-order valence-electron chi connectivity index (χ3n) is 4.32. The molecule has 3 heteroatoms. The standard InChI is InChI=1S/C13H28N2S/c1-6-13(7-2,16-5)10-14-12-8-11(3)15(4)9-12/h11-12,14H,6-10H2,1-5H3. The Morgan fingerprint density at radius 2 is 2.00 bits per heavy atom. The minimum absolute atomic E-state index is 0.449. The predicted octanol–water partition coefficient (Wildman–Crippen LogP) is 2.59. The fourth-order valence-electron chi connectivity index (χ4n) is 2.53. The van der Waals surface area contributed by atoms with Gasteiger partial charge in [0, 0.05) is 29.9 Å². The summed E-state index contributed by atoms with van der Waals surface area (Å²) in [5, 5.41) is 3.77. The van der Waals surface area contributed by atoms with E-state index in [4.69, 9.17) is 0 Å². The van der Waals surface area contributed by atoms with Crippen LogP contribution < -0.4 is 5.32 Å². The minimum atomic E-state index is 0.449. The molecule has 1 saturated heterocycles. The van der Waals surface area contributed by atoms with Crippen LogP contribution in [0.4, 0.5) is 0 Å². The lowest BCUT2D eigenvalue weighted by Crippen LogP contribution is -2.42. The average Bonchev–Trinajstić information content (AvgIpc) is 2.61. The molecule has 1 N–H and O–H groups in total. The Bertz CT molecular complexity index is 186. The van der Waals surface area contributed by atoms with E-state index in [2.05, 4.69) is 44.3 Å². The maximum atomic E-state index is 3.77. The molecular formula is C13H28N2S. The SMILES string of the molecule is CCC(CC)(CNC1CC(C)N(C)C1)SC. The van der Waals surface area contributed by atoms with Crippen molar-refractivity contribution in [3.63, 3.8) is 0 Å². The fourth-order valence-corrected chi connectivity index (χ4v) is 3.34. The number of thioether (sulfide) groups is 1. The summed E-state index contributed by atoms with van der Waals surface area (Å²) < 4.78 is 0.449. The molecule has 0 spiro atoms. The lowest BCUT2D eigenvalue weighted by atomic mass is 10.0. The fraction of sp³-hybridized carbons (Fsp3) is 1.00. The first-order chi connectivity index (χ1) is 7.56.